The van der Waals surface area contributed by atoms with Crippen LogP contribution in [0.25, 0.3) is 0 Å². The Morgan fingerprint density at radius 1 is 1.00 bits per heavy atom. The van der Waals surface area contributed by atoms with Gasteiger partial charge in [-0.15, -0.1) is 0 Å². The minimum atomic E-state index is -3.55. The molecule has 0 radical (unpaired) electrons. The van der Waals surface area contributed by atoms with Gasteiger partial charge in [0.2, 0.25) is 0 Å². The van der Waals surface area contributed by atoms with Crippen LogP contribution in [0.2, 0.25) is 0 Å². The molecule has 0 unspecified atom stereocenters. The smallest absolute Gasteiger partial charge is 0.264 e. The monoisotopic (exact) mass is 302 g/mol. The molecule has 2 aromatic rings. The summed E-state index contributed by atoms with van der Waals surface area (Å²) >= 11 is 0. The average molecular weight is 302 g/mol. The normalized spacial score (nSPS) is 17.0. The molecule has 0 fully saturated rings. The first-order valence-corrected chi connectivity index (χ1v) is 8.29. The molecule has 0 amide bonds. The van der Waals surface area contributed by atoms with Gasteiger partial charge in [0.25, 0.3) is 10.0 Å². The summed E-state index contributed by atoms with van der Waals surface area (Å²) in [6.07, 6.45) is 0. The van der Waals surface area contributed by atoms with Crippen LogP contribution in [0, 0.1) is 0 Å². The second-order valence-corrected chi connectivity index (χ2v) is 7.71. The third-order valence-electron chi connectivity index (χ3n) is 3.52. The van der Waals surface area contributed by atoms with Gasteiger partial charge in [-0.05, 0) is 38.1 Å². The molecule has 2 aromatic carbocycles. The summed E-state index contributed by atoms with van der Waals surface area (Å²) in [5, 5.41) is 3.38. The lowest BCUT2D eigenvalue weighted by Gasteiger charge is -2.41. The van der Waals surface area contributed by atoms with E-state index in [0.717, 1.165) is 5.69 Å². The van der Waals surface area contributed by atoms with E-state index in [4.69, 9.17) is 0 Å². The lowest BCUT2D eigenvalue weighted by molar-refractivity contribution is 0.543. The molecule has 0 aromatic heterocycles. The third-order valence-corrected chi connectivity index (χ3v) is 5.29. The maximum absolute atomic E-state index is 12.9. The zero-order valence-corrected chi connectivity index (χ0v) is 12.9. The van der Waals surface area contributed by atoms with E-state index >= 15 is 0 Å². The summed E-state index contributed by atoms with van der Waals surface area (Å²) < 4.78 is 27.4. The maximum Gasteiger partial charge on any atom is 0.264 e. The molecule has 21 heavy (non-hydrogen) atoms. The van der Waals surface area contributed by atoms with Gasteiger partial charge < -0.3 is 5.32 Å². The van der Waals surface area contributed by atoms with Gasteiger partial charge in [0.05, 0.1) is 28.4 Å². The Hall–Kier alpha value is -2.01. The highest BCUT2D eigenvalue weighted by atomic mass is 32.2. The number of hydrogen-bond acceptors (Lipinski definition) is 3. The van der Waals surface area contributed by atoms with Gasteiger partial charge >= 0.3 is 0 Å². The molecule has 1 heterocycles. The van der Waals surface area contributed by atoms with E-state index in [1.54, 1.807) is 24.3 Å². The molecule has 0 saturated heterocycles. The second-order valence-electron chi connectivity index (χ2n) is 5.85. The molecular weight excluding hydrogens is 284 g/mol. The standard InChI is InChI=1S/C16H18N2O2S/c1-16(2)12-18(15-11-7-6-10-14(15)17-16)21(19,20)13-8-4-3-5-9-13/h3-11,17H,12H2,1-2H3. The quantitative estimate of drug-likeness (QED) is 0.927. The van der Waals surface area contributed by atoms with Crippen LogP contribution in [0.4, 0.5) is 11.4 Å². The van der Waals surface area contributed by atoms with Crippen molar-refractivity contribution in [3.63, 3.8) is 0 Å². The van der Waals surface area contributed by atoms with E-state index in [-0.39, 0.29) is 5.54 Å². The number of benzene rings is 2. The van der Waals surface area contributed by atoms with Crippen molar-refractivity contribution in [2.75, 3.05) is 16.2 Å². The van der Waals surface area contributed by atoms with Crippen LogP contribution in [-0.4, -0.2) is 20.5 Å². The number of anilines is 2. The zero-order chi connectivity index (χ0) is 15.1. The number of para-hydroxylation sites is 2. The summed E-state index contributed by atoms with van der Waals surface area (Å²) in [5.41, 5.74) is 1.21. The van der Waals surface area contributed by atoms with Crippen molar-refractivity contribution in [3.8, 4) is 0 Å². The fraction of sp³-hybridized carbons (Fsp3) is 0.250. The number of nitrogens with one attached hydrogen (secondary N) is 1. The fourth-order valence-corrected chi connectivity index (χ4v) is 4.25. The van der Waals surface area contributed by atoms with E-state index in [9.17, 15) is 8.42 Å². The van der Waals surface area contributed by atoms with E-state index in [0.29, 0.717) is 17.1 Å². The first kappa shape index (κ1) is 13.9. The van der Waals surface area contributed by atoms with Gasteiger partial charge in [0, 0.05) is 0 Å². The number of sulfonamides is 1. The Labute approximate surface area is 125 Å². The van der Waals surface area contributed by atoms with Crippen molar-refractivity contribution in [2.24, 2.45) is 0 Å². The topological polar surface area (TPSA) is 49.4 Å². The minimum absolute atomic E-state index is 0.317. The number of nitrogens with zero attached hydrogens (tertiary/aromatic N) is 1. The zero-order valence-electron chi connectivity index (χ0n) is 12.1. The molecule has 0 aliphatic carbocycles. The molecule has 5 heteroatoms. The molecule has 110 valence electrons. The van der Waals surface area contributed by atoms with Crippen LogP contribution >= 0.6 is 0 Å². The van der Waals surface area contributed by atoms with Gasteiger partial charge in [0.15, 0.2) is 0 Å². The van der Waals surface area contributed by atoms with Gasteiger partial charge in [0.1, 0.15) is 0 Å². The number of rotatable bonds is 2. The highest BCUT2D eigenvalue weighted by Gasteiger charge is 2.36. The van der Waals surface area contributed by atoms with Gasteiger partial charge in [-0.3, -0.25) is 4.31 Å². The number of fused-ring (bicyclic) bond motifs is 1. The van der Waals surface area contributed by atoms with E-state index in [2.05, 4.69) is 5.32 Å². The molecule has 1 aliphatic heterocycles. The second kappa shape index (κ2) is 4.77. The van der Waals surface area contributed by atoms with Crippen LogP contribution in [-0.2, 0) is 10.0 Å². The first-order chi connectivity index (χ1) is 9.90. The first-order valence-electron chi connectivity index (χ1n) is 6.85. The van der Waals surface area contributed by atoms with Gasteiger partial charge in [-0.25, -0.2) is 8.42 Å². The van der Waals surface area contributed by atoms with Crippen molar-refractivity contribution < 1.29 is 8.42 Å². The van der Waals surface area contributed by atoms with Crippen molar-refractivity contribution in [1.29, 1.82) is 0 Å². The molecule has 0 bridgehead atoms. The summed E-state index contributed by atoms with van der Waals surface area (Å²) in [6.45, 7) is 4.38. The summed E-state index contributed by atoms with van der Waals surface area (Å²) in [5.74, 6) is 0. The van der Waals surface area contributed by atoms with Crippen LogP contribution < -0.4 is 9.62 Å². The predicted octanol–water partition coefficient (Wildman–Crippen LogP) is 3.09. The van der Waals surface area contributed by atoms with Crippen LogP contribution in [0.15, 0.2) is 59.5 Å². The number of hydrogen-bond donors (Lipinski definition) is 1. The molecule has 1 N–H and O–H groups in total. The molecule has 0 spiro atoms. The summed E-state index contributed by atoms with van der Waals surface area (Å²) in [7, 11) is -3.55. The largest absolute Gasteiger partial charge is 0.377 e. The maximum atomic E-state index is 12.9. The lowest BCUT2D eigenvalue weighted by atomic mass is 10.0. The summed E-state index contributed by atoms with van der Waals surface area (Å²) in [4.78, 5) is 0.317. The fourth-order valence-electron chi connectivity index (χ4n) is 2.58. The Kier molecular flexibility index (Phi) is 3.17. The minimum Gasteiger partial charge on any atom is -0.377 e. The van der Waals surface area contributed by atoms with E-state index in [1.807, 2.05) is 44.2 Å². The van der Waals surface area contributed by atoms with E-state index in [1.165, 1.54) is 4.31 Å². The lowest BCUT2D eigenvalue weighted by Crippen LogP contribution is -2.50. The molecule has 3 rings (SSSR count). The van der Waals surface area contributed by atoms with Gasteiger partial charge in [-0.1, -0.05) is 30.3 Å². The van der Waals surface area contributed by atoms with Crippen molar-refractivity contribution in [1.82, 2.24) is 0 Å². The van der Waals surface area contributed by atoms with Crippen molar-refractivity contribution in [3.05, 3.63) is 54.6 Å². The highest BCUT2D eigenvalue weighted by molar-refractivity contribution is 7.92. The highest BCUT2D eigenvalue weighted by Crippen LogP contribution is 2.37. The Bertz CT molecular complexity index is 755. The molecule has 0 atom stereocenters. The Morgan fingerprint density at radius 3 is 2.33 bits per heavy atom. The SMILES string of the molecule is CC1(C)CN(S(=O)(=O)c2ccccc2)c2ccccc2N1. The Morgan fingerprint density at radius 2 is 1.62 bits per heavy atom. The van der Waals surface area contributed by atoms with E-state index < -0.39 is 10.0 Å². The average Bonchev–Trinajstić information content (AvgIpc) is 2.46. The molecule has 1 aliphatic rings. The third kappa shape index (κ3) is 2.49. The predicted molar refractivity (Wildman–Crippen MR) is 85.1 cm³/mol. The van der Waals surface area contributed by atoms with Crippen LogP contribution in [0.5, 0.6) is 0 Å². The Balaban J connectivity index is 2.14. The van der Waals surface area contributed by atoms with Crippen molar-refractivity contribution >= 4 is 21.4 Å². The van der Waals surface area contributed by atoms with Crippen LogP contribution in [0.1, 0.15) is 13.8 Å². The molecular formula is C16H18N2O2S. The van der Waals surface area contributed by atoms with Gasteiger partial charge in [-0.2, -0.15) is 0 Å². The molecule has 0 saturated carbocycles. The van der Waals surface area contributed by atoms with Crippen molar-refractivity contribution in [2.45, 2.75) is 24.3 Å². The van der Waals surface area contributed by atoms with Crippen LogP contribution in [0.3, 0.4) is 0 Å². The summed E-state index contributed by atoms with van der Waals surface area (Å²) in [6, 6.07) is 16.1. The molecule has 4 nitrogen and oxygen atoms in total.